The molecule has 3 nitrogen and oxygen atoms in total. The van der Waals surface area contributed by atoms with Crippen LogP contribution in [-0.4, -0.2) is 30.4 Å². The Hall–Kier alpha value is -0.570. The normalized spacial score (nSPS) is 32.6. The molecule has 2 fully saturated rings. The van der Waals surface area contributed by atoms with E-state index >= 15 is 0 Å². The Kier molecular flexibility index (Phi) is 5.11. The van der Waals surface area contributed by atoms with Crippen molar-refractivity contribution >= 4 is 5.91 Å². The zero-order valence-electron chi connectivity index (χ0n) is 13.5. The molecule has 1 heterocycles. The van der Waals surface area contributed by atoms with Gasteiger partial charge >= 0.3 is 0 Å². The second-order valence-corrected chi connectivity index (χ2v) is 7.54. The minimum atomic E-state index is -0.239. The molecule has 0 aromatic carbocycles. The van der Waals surface area contributed by atoms with Gasteiger partial charge in [-0.3, -0.25) is 4.79 Å². The fourth-order valence-corrected chi connectivity index (χ4v) is 3.92. The monoisotopic (exact) mass is 280 g/mol. The lowest BCUT2D eigenvalue weighted by molar-refractivity contribution is -0.145. The molecule has 1 aliphatic carbocycles. The third-order valence-electron chi connectivity index (χ3n) is 5.85. The van der Waals surface area contributed by atoms with Crippen LogP contribution in [0.4, 0.5) is 0 Å². The average Bonchev–Trinajstić information content (AvgIpc) is 2.48. The number of nitrogens with zero attached hydrogens (tertiary/aromatic N) is 1. The third kappa shape index (κ3) is 3.19. The lowest BCUT2D eigenvalue weighted by Crippen LogP contribution is -2.52. The van der Waals surface area contributed by atoms with Gasteiger partial charge in [-0.25, -0.2) is 0 Å². The first-order valence-electron chi connectivity index (χ1n) is 8.48. The Morgan fingerprint density at radius 2 is 1.75 bits per heavy atom. The van der Waals surface area contributed by atoms with Gasteiger partial charge in [-0.15, -0.1) is 0 Å². The Morgan fingerprint density at radius 3 is 2.20 bits per heavy atom. The summed E-state index contributed by atoms with van der Waals surface area (Å²) in [4.78, 5) is 15.0. The van der Waals surface area contributed by atoms with Crippen molar-refractivity contribution in [2.45, 2.75) is 59.3 Å². The van der Waals surface area contributed by atoms with Crippen LogP contribution in [0.15, 0.2) is 0 Å². The molecular formula is C17H32N2O. The third-order valence-corrected chi connectivity index (χ3v) is 5.85. The summed E-state index contributed by atoms with van der Waals surface area (Å²) in [7, 11) is 0. The molecule has 1 saturated heterocycles. The van der Waals surface area contributed by atoms with Crippen molar-refractivity contribution < 1.29 is 4.79 Å². The van der Waals surface area contributed by atoms with E-state index in [0.29, 0.717) is 12.5 Å². The van der Waals surface area contributed by atoms with Crippen LogP contribution in [0.25, 0.3) is 0 Å². The number of nitrogens with two attached hydrogens (primary N) is 1. The summed E-state index contributed by atoms with van der Waals surface area (Å²) in [6.07, 6.45) is 6.64. The summed E-state index contributed by atoms with van der Waals surface area (Å²) in [5.74, 6) is 2.65. The van der Waals surface area contributed by atoms with Gasteiger partial charge < -0.3 is 10.6 Å². The van der Waals surface area contributed by atoms with E-state index in [2.05, 4.69) is 25.7 Å². The van der Waals surface area contributed by atoms with Crippen LogP contribution in [0.2, 0.25) is 0 Å². The lowest BCUT2D eigenvalue weighted by atomic mass is 9.69. The Labute approximate surface area is 124 Å². The van der Waals surface area contributed by atoms with Crippen LogP contribution in [0.5, 0.6) is 0 Å². The fourth-order valence-electron chi connectivity index (χ4n) is 3.92. The fraction of sp³-hybridized carbons (Fsp3) is 0.941. The van der Waals surface area contributed by atoms with Gasteiger partial charge in [0.05, 0.1) is 5.41 Å². The number of hydrogen-bond donors (Lipinski definition) is 1. The van der Waals surface area contributed by atoms with Gasteiger partial charge in [0.15, 0.2) is 0 Å². The van der Waals surface area contributed by atoms with Gasteiger partial charge in [-0.1, -0.05) is 20.8 Å². The maximum absolute atomic E-state index is 12.9. The first kappa shape index (κ1) is 15.8. The molecule has 0 unspecified atom stereocenters. The average molecular weight is 280 g/mol. The minimum Gasteiger partial charge on any atom is -0.342 e. The number of carbonyl (C=O) groups is 1. The van der Waals surface area contributed by atoms with E-state index in [9.17, 15) is 4.79 Å². The van der Waals surface area contributed by atoms with Gasteiger partial charge in [-0.2, -0.15) is 0 Å². The number of amides is 1. The summed E-state index contributed by atoms with van der Waals surface area (Å²) >= 11 is 0. The molecule has 2 rings (SSSR count). The Balaban J connectivity index is 1.96. The highest BCUT2D eigenvalue weighted by Gasteiger charge is 2.42. The first-order valence-corrected chi connectivity index (χ1v) is 8.48. The summed E-state index contributed by atoms with van der Waals surface area (Å²) in [6, 6.07) is 0. The standard InChI is InChI=1S/C17H32N2O/c1-13(2)15-6-10-19(11-7-15)16(20)17(12-18)8-4-14(3)5-9-17/h13-15H,4-12,18H2,1-3H3. The van der Waals surface area contributed by atoms with Gasteiger partial charge in [-0.05, 0) is 56.3 Å². The SMILES string of the molecule is CC1CCC(CN)(C(=O)N2CCC(C(C)C)CC2)CC1. The van der Waals surface area contributed by atoms with Crippen LogP contribution >= 0.6 is 0 Å². The van der Waals surface area contributed by atoms with E-state index < -0.39 is 0 Å². The smallest absolute Gasteiger partial charge is 0.230 e. The number of carbonyl (C=O) groups excluding carboxylic acids is 1. The van der Waals surface area contributed by atoms with Gasteiger partial charge in [0, 0.05) is 19.6 Å². The van der Waals surface area contributed by atoms with Crippen LogP contribution in [-0.2, 0) is 4.79 Å². The molecule has 0 bridgehead atoms. The molecule has 116 valence electrons. The summed E-state index contributed by atoms with van der Waals surface area (Å²) in [5, 5.41) is 0. The summed E-state index contributed by atoms with van der Waals surface area (Å²) in [5.41, 5.74) is 5.78. The molecule has 0 spiro atoms. The molecule has 3 heteroatoms. The molecule has 1 saturated carbocycles. The first-order chi connectivity index (χ1) is 9.48. The van der Waals surface area contributed by atoms with Crippen molar-refractivity contribution in [1.82, 2.24) is 4.90 Å². The highest BCUT2D eigenvalue weighted by atomic mass is 16.2. The molecule has 2 N–H and O–H groups in total. The maximum atomic E-state index is 12.9. The quantitative estimate of drug-likeness (QED) is 0.863. The number of rotatable bonds is 3. The predicted molar refractivity (Wildman–Crippen MR) is 83.3 cm³/mol. The predicted octanol–water partition coefficient (Wildman–Crippen LogP) is 3.04. The van der Waals surface area contributed by atoms with Crippen molar-refractivity contribution in [3.8, 4) is 0 Å². The molecule has 20 heavy (non-hydrogen) atoms. The van der Waals surface area contributed by atoms with E-state index in [-0.39, 0.29) is 5.41 Å². The van der Waals surface area contributed by atoms with Gasteiger partial charge in [0.2, 0.25) is 5.91 Å². The molecule has 0 atom stereocenters. The highest BCUT2D eigenvalue weighted by Crippen LogP contribution is 2.40. The van der Waals surface area contributed by atoms with Gasteiger partial charge in [0.25, 0.3) is 0 Å². The molecular weight excluding hydrogens is 248 g/mol. The molecule has 1 aliphatic heterocycles. The number of hydrogen-bond acceptors (Lipinski definition) is 2. The lowest BCUT2D eigenvalue weighted by Gasteiger charge is -2.43. The van der Waals surface area contributed by atoms with Crippen LogP contribution in [0.1, 0.15) is 59.3 Å². The van der Waals surface area contributed by atoms with Crippen LogP contribution in [0, 0.1) is 23.2 Å². The van der Waals surface area contributed by atoms with Crippen molar-refractivity contribution in [1.29, 1.82) is 0 Å². The van der Waals surface area contributed by atoms with E-state index in [1.165, 1.54) is 12.8 Å². The number of likely N-dealkylation sites (tertiary alicyclic amines) is 1. The second-order valence-electron chi connectivity index (χ2n) is 7.54. The van der Waals surface area contributed by atoms with Crippen molar-refractivity contribution in [2.75, 3.05) is 19.6 Å². The largest absolute Gasteiger partial charge is 0.342 e. The van der Waals surface area contributed by atoms with E-state index in [4.69, 9.17) is 5.73 Å². The van der Waals surface area contributed by atoms with E-state index in [0.717, 1.165) is 56.5 Å². The zero-order chi connectivity index (χ0) is 14.8. The van der Waals surface area contributed by atoms with E-state index in [1.54, 1.807) is 0 Å². The number of piperidine rings is 1. The molecule has 0 aromatic heterocycles. The van der Waals surface area contributed by atoms with Crippen LogP contribution < -0.4 is 5.73 Å². The summed E-state index contributed by atoms with van der Waals surface area (Å²) < 4.78 is 0. The topological polar surface area (TPSA) is 46.3 Å². The van der Waals surface area contributed by atoms with Crippen molar-refractivity contribution in [3.05, 3.63) is 0 Å². The Morgan fingerprint density at radius 1 is 1.20 bits per heavy atom. The highest BCUT2D eigenvalue weighted by molar-refractivity contribution is 5.83. The molecule has 0 radical (unpaired) electrons. The molecule has 0 aromatic rings. The van der Waals surface area contributed by atoms with Gasteiger partial charge in [0.1, 0.15) is 0 Å². The van der Waals surface area contributed by atoms with E-state index in [1.807, 2.05) is 0 Å². The minimum absolute atomic E-state index is 0.239. The maximum Gasteiger partial charge on any atom is 0.230 e. The zero-order valence-corrected chi connectivity index (χ0v) is 13.5. The van der Waals surface area contributed by atoms with Crippen LogP contribution in [0.3, 0.4) is 0 Å². The second kappa shape index (κ2) is 6.46. The molecule has 1 amide bonds. The van der Waals surface area contributed by atoms with Crippen molar-refractivity contribution in [3.63, 3.8) is 0 Å². The van der Waals surface area contributed by atoms with Crippen molar-refractivity contribution in [2.24, 2.45) is 28.9 Å². The summed E-state index contributed by atoms with van der Waals surface area (Å²) in [6.45, 7) is 9.30. The molecule has 2 aliphatic rings. The Bertz CT molecular complexity index is 324.